The van der Waals surface area contributed by atoms with Crippen molar-refractivity contribution in [1.82, 2.24) is 0 Å². The molecule has 0 N–H and O–H groups in total. The van der Waals surface area contributed by atoms with Gasteiger partial charge in [-0.05, 0) is 19.3 Å². The summed E-state index contributed by atoms with van der Waals surface area (Å²) >= 11 is 0. The molecule has 0 bridgehead atoms. The van der Waals surface area contributed by atoms with E-state index in [-0.39, 0.29) is 0 Å². The van der Waals surface area contributed by atoms with Crippen LogP contribution in [0.15, 0.2) is 0 Å². The molecule has 2 heteroatoms. The van der Waals surface area contributed by atoms with Gasteiger partial charge in [-0.25, -0.2) is 0 Å². The zero-order valence-electron chi connectivity index (χ0n) is 5.51. The van der Waals surface area contributed by atoms with Gasteiger partial charge in [0, 0.05) is 13.2 Å². The Morgan fingerprint density at radius 1 is 0.889 bits per heavy atom. The van der Waals surface area contributed by atoms with Crippen LogP contribution in [-0.4, -0.2) is 25.4 Å². The maximum Gasteiger partial charge on any atom is 0.0858 e. The van der Waals surface area contributed by atoms with Gasteiger partial charge in [0.05, 0.1) is 12.2 Å². The van der Waals surface area contributed by atoms with Gasteiger partial charge in [-0.15, -0.1) is 0 Å². The van der Waals surface area contributed by atoms with Crippen LogP contribution in [0.4, 0.5) is 0 Å². The van der Waals surface area contributed by atoms with Crippen molar-refractivity contribution in [2.24, 2.45) is 0 Å². The minimum atomic E-state index is 0.443. The van der Waals surface area contributed by atoms with Gasteiger partial charge >= 0.3 is 0 Å². The zero-order valence-corrected chi connectivity index (χ0v) is 5.51. The van der Waals surface area contributed by atoms with Crippen molar-refractivity contribution >= 4 is 0 Å². The highest BCUT2D eigenvalue weighted by molar-refractivity contribution is 4.79. The lowest BCUT2D eigenvalue weighted by atomic mass is 10.1. The summed E-state index contributed by atoms with van der Waals surface area (Å²) in [6.45, 7) is 1.86. The van der Waals surface area contributed by atoms with Gasteiger partial charge in [-0.3, -0.25) is 0 Å². The zero-order chi connectivity index (χ0) is 6.10. The Labute approximate surface area is 55.1 Å². The molecule has 0 aromatic heterocycles. The van der Waals surface area contributed by atoms with E-state index in [2.05, 4.69) is 0 Å². The van der Waals surface area contributed by atoms with Crippen LogP contribution in [0.3, 0.4) is 0 Å². The van der Waals surface area contributed by atoms with Gasteiger partial charge in [0.15, 0.2) is 0 Å². The number of hydrogen-bond donors (Lipinski definition) is 0. The summed E-state index contributed by atoms with van der Waals surface area (Å²) in [4.78, 5) is 0. The van der Waals surface area contributed by atoms with E-state index in [1.165, 1.54) is 12.8 Å². The van der Waals surface area contributed by atoms with E-state index >= 15 is 0 Å². The normalized spacial score (nSPS) is 42.7. The number of rotatable bonds is 0. The summed E-state index contributed by atoms with van der Waals surface area (Å²) in [5.41, 5.74) is 0. The molecule has 0 amide bonds. The molecule has 2 atom stereocenters. The summed E-state index contributed by atoms with van der Waals surface area (Å²) in [6.07, 6.45) is 4.40. The Morgan fingerprint density at radius 2 is 1.67 bits per heavy atom. The molecule has 1 unspecified atom stereocenters. The van der Waals surface area contributed by atoms with Crippen LogP contribution in [0.1, 0.15) is 19.3 Å². The minimum absolute atomic E-state index is 0.443. The molecule has 0 aliphatic carbocycles. The molecule has 2 aliphatic heterocycles. The van der Waals surface area contributed by atoms with Gasteiger partial charge in [-0.1, -0.05) is 0 Å². The molecule has 0 radical (unpaired) electrons. The second-order valence-electron chi connectivity index (χ2n) is 2.75. The standard InChI is InChI=1S/C7H12O2/c1-2-6-7(8-4-1)3-5-9-6/h6-7H,1-5H2/t6-,7?/m0/s1. The van der Waals surface area contributed by atoms with E-state index in [0.717, 1.165) is 19.6 Å². The first-order chi connectivity index (χ1) is 4.47. The molecular formula is C7H12O2. The number of ether oxygens (including phenoxy) is 2. The lowest BCUT2D eigenvalue weighted by molar-refractivity contribution is -0.0469. The van der Waals surface area contributed by atoms with Gasteiger partial charge in [-0.2, -0.15) is 0 Å². The lowest BCUT2D eigenvalue weighted by Crippen LogP contribution is -2.29. The summed E-state index contributed by atoms with van der Waals surface area (Å²) in [7, 11) is 0. The summed E-state index contributed by atoms with van der Waals surface area (Å²) in [5, 5.41) is 0. The fourth-order valence-electron chi connectivity index (χ4n) is 1.61. The molecule has 0 aromatic rings. The van der Waals surface area contributed by atoms with E-state index in [4.69, 9.17) is 9.47 Å². The van der Waals surface area contributed by atoms with Crippen LogP contribution in [0.5, 0.6) is 0 Å². The molecular weight excluding hydrogens is 116 g/mol. The van der Waals surface area contributed by atoms with Crippen LogP contribution in [-0.2, 0) is 9.47 Å². The van der Waals surface area contributed by atoms with E-state index in [1.807, 2.05) is 0 Å². The Bertz CT molecular complexity index is 91.1. The third-order valence-electron chi connectivity index (χ3n) is 2.11. The highest BCUT2D eigenvalue weighted by atomic mass is 16.6. The van der Waals surface area contributed by atoms with Crippen LogP contribution in [0.25, 0.3) is 0 Å². The lowest BCUT2D eigenvalue weighted by Gasteiger charge is -2.23. The minimum Gasteiger partial charge on any atom is -0.375 e. The average molecular weight is 128 g/mol. The maximum atomic E-state index is 5.48. The molecule has 2 nitrogen and oxygen atoms in total. The molecule has 2 saturated heterocycles. The smallest absolute Gasteiger partial charge is 0.0858 e. The molecule has 2 fully saturated rings. The van der Waals surface area contributed by atoms with Gasteiger partial charge in [0.25, 0.3) is 0 Å². The molecule has 9 heavy (non-hydrogen) atoms. The predicted molar refractivity (Wildman–Crippen MR) is 33.3 cm³/mol. The maximum absolute atomic E-state index is 5.48. The van der Waals surface area contributed by atoms with Crippen molar-refractivity contribution < 1.29 is 9.47 Å². The molecule has 0 saturated carbocycles. The first kappa shape index (κ1) is 5.69. The van der Waals surface area contributed by atoms with Crippen LogP contribution in [0, 0.1) is 0 Å². The van der Waals surface area contributed by atoms with Crippen LogP contribution < -0.4 is 0 Å². The summed E-state index contributed by atoms with van der Waals surface area (Å²) in [5.74, 6) is 0. The monoisotopic (exact) mass is 128 g/mol. The molecule has 2 heterocycles. The third kappa shape index (κ3) is 0.970. The Hall–Kier alpha value is -0.0800. The molecule has 2 aliphatic rings. The largest absolute Gasteiger partial charge is 0.375 e. The fourth-order valence-corrected chi connectivity index (χ4v) is 1.61. The van der Waals surface area contributed by atoms with Crippen molar-refractivity contribution in [1.29, 1.82) is 0 Å². The SMILES string of the molecule is C1COC2CCO[C@H]2C1. The first-order valence-corrected chi connectivity index (χ1v) is 3.70. The molecule has 0 spiro atoms. The van der Waals surface area contributed by atoms with E-state index in [9.17, 15) is 0 Å². The van der Waals surface area contributed by atoms with Gasteiger partial charge < -0.3 is 9.47 Å². The quantitative estimate of drug-likeness (QED) is 0.483. The van der Waals surface area contributed by atoms with E-state index in [0.29, 0.717) is 12.2 Å². The summed E-state index contributed by atoms with van der Waals surface area (Å²) in [6, 6.07) is 0. The summed E-state index contributed by atoms with van der Waals surface area (Å²) < 4.78 is 10.9. The van der Waals surface area contributed by atoms with Crippen LogP contribution in [0.2, 0.25) is 0 Å². The van der Waals surface area contributed by atoms with E-state index in [1.54, 1.807) is 0 Å². The van der Waals surface area contributed by atoms with Crippen molar-refractivity contribution in [3.05, 3.63) is 0 Å². The first-order valence-electron chi connectivity index (χ1n) is 3.70. The topological polar surface area (TPSA) is 18.5 Å². The van der Waals surface area contributed by atoms with E-state index < -0.39 is 0 Å². The van der Waals surface area contributed by atoms with Gasteiger partial charge in [0.2, 0.25) is 0 Å². The van der Waals surface area contributed by atoms with Crippen molar-refractivity contribution in [3.63, 3.8) is 0 Å². The number of hydrogen-bond acceptors (Lipinski definition) is 2. The molecule has 0 aromatic carbocycles. The Kier molecular flexibility index (Phi) is 1.44. The average Bonchev–Trinajstić information content (AvgIpc) is 2.33. The van der Waals surface area contributed by atoms with Crippen LogP contribution >= 0.6 is 0 Å². The van der Waals surface area contributed by atoms with Crippen molar-refractivity contribution in [2.75, 3.05) is 13.2 Å². The van der Waals surface area contributed by atoms with Gasteiger partial charge in [0.1, 0.15) is 0 Å². The fraction of sp³-hybridized carbons (Fsp3) is 1.00. The highest BCUT2D eigenvalue weighted by Crippen LogP contribution is 2.24. The van der Waals surface area contributed by atoms with Crippen molar-refractivity contribution in [3.8, 4) is 0 Å². The highest BCUT2D eigenvalue weighted by Gasteiger charge is 2.31. The third-order valence-corrected chi connectivity index (χ3v) is 2.11. The Morgan fingerprint density at radius 3 is 2.56 bits per heavy atom. The van der Waals surface area contributed by atoms with Crippen molar-refractivity contribution in [2.45, 2.75) is 31.5 Å². The number of fused-ring (bicyclic) bond motifs is 1. The Balaban J connectivity index is 1.97. The molecule has 2 rings (SSSR count). The predicted octanol–water partition coefficient (Wildman–Crippen LogP) is 0.954. The molecule has 52 valence electrons. The second kappa shape index (κ2) is 2.27. The second-order valence-corrected chi connectivity index (χ2v) is 2.75.